The standard InChI is InChI=1S/C10H7ClO.H2O2/c11-9-5-6-10(12)8-4-2-1-3-7(8)9;1-2/h1-6,12H;1-2H. The van der Waals surface area contributed by atoms with Crippen molar-refractivity contribution in [2.75, 3.05) is 0 Å². The van der Waals surface area contributed by atoms with Gasteiger partial charge in [0.2, 0.25) is 0 Å². The normalized spacial score (nSPS) is 9.36. The number of rotatable bonds is 0. The molecule has 0 fully saturated rings. The van der Waals surface area contributed by atoms with Crippen LogP contribution in [-0.2, 0) is 0 Å². The van der Waals surface area contributed by atoms with Gasteiger partial charge in [-0.15, -0.1) is 0 Å². The third kappa shape index (κ3) is 1.96. The van der Waals surface area contributed by atoms with E-state index in [4.69, 9.17) is 22.1 Å². The molecular formula is C10H9ClO3. The molecule has 0 atom stereocenters. The Hall–Kier alpha value is -1.29. The smallest absolute Gasteiger partial charge is 0.123 e. The maximum atomic E-state index is 9.44. The van der Waals surface area contributed by atoms with Crippen molar-refractivity contribution in [3.05, 3.63) is 41.4 Å². The van der Waals surface area contributed by atoms with E-state index in [2.05, 4.69) is 0 Å². The number of phenolic OH excluding ortho intramolecular Hbond substituents is 1. The monoisotopic (exact) mass is 212 g/mol. The second-order valence-corrected chi connectivity index (χ2v) is 3.02. The highest BCUT2D eigenvalue weighted by Crippen LogP contribution is 2.29. The molecule has 0 aliphatic rings. The minimum Gasteiger partial charge on any atom is -0.507 e. The Bertz CT molecular complexity index is 388. The largest absolute Gasteiger partial charge is 0.507 e. The highest BCUT2D eigenvalue weighted by Gasteiger charge is 2.00. The zero-order valence-corrected chi connectivity index (χ0v) is 7.94. The Balaban J connectivity index is 0.000000461. The van der Waals surface area contributed by atoms with Gasteiger partial charge in [0.1, 0.15) is 5.75 Å². The summed E-state index contributed by atoms with van der Waals surface area (Å²) in [7, 11) is 0. The molecule has 2 aromatic carbocycles. The van der Waals surface area contributed by atoms with E-state index >= 15 is 0 Å². The van der Waals surface area contributed by atoms with E-state index in [1.807, 2.05) is 24.3 Å². The molecule has 0 aromatic heterocycles. The molecule has 0 heterocycles. The summed E-state index contributed by atoms with van der Waals surface area (Å²) in [4.78, 5) is 0. The number of halogens is 1. The summed E-state index contributed by atoms with van der Waals surface area (Å²) in [6.07, 6.45) is 0. The van der Waals surface area contributed by atoms with E-state index in [1.165, 1.54) is 0 Å². The van der Waals surface area contributed by atoms with E-state index in [1.54, 1.807) is 12.1 Å². The van der Waals surface area contributed by atoms with Crippen molar-refractivity contribution < 1.29 is 15.6 Å². The predicted octanol–water partition coefficient (Wildman–Crippen LogP) is 3.22. The molecule has 2 aromatic rings. The lowest BCUT2D eigenvalue weighted by atomic mass is 10.1. The van der Waals surface area contributed by atoms with Crippen LogP contribution >= 0.6 is 11.6 Å². The van der Waals surface area contributed by atoms with E-state index < -0.39 is 0 Å². The summed E-state index contributed by atoms with van der Waals surface area (Å²) in [5.74, 6) is 0.273. The molecule has 74 valence electrons. The topological polar surface area (TPSA) is 60.7 Å². The number of aromatic hydroxyl groups is 1. The van der Waals surface area contributed by atoms with Crippen LogP contribution in [0.3, 0.4) is 0 Å². The van der Waals surface area contributed by atoms with Gasteiger partial charge in [-0.1, -0.05) is 35.9 Å². The van der Waals surface area contributed by atoms with Crippen molar-refractivity contribution in [3.63, 3.8) is 0 Å². The quantitative estimate of drug-likeness (QED) is 0.464. The first-order chi connectivity index (χ1) is 6.79. The van der Waals surface area contributed by atoms with Crippen LogP contribution in [0.15, 0.2) is 36.4 Å². The van der Waals surface area contributed by atoms with Crippen LogP contribution < -0.4 is 0 Å². The molecule has 3 N–H and O–H groups in total. The minimum atomic E-state index is 0.273. The summed E-state index contributed by atoms with van der Waals surface area (Å²) in [5.41, 5.74) is 0. The van der Waals surface area contributed by atoms with Crippen LogP contribution in [0.4, 0.5) is 0 Å². The fraction of sp³-hybridized carbons (Fsp3) is 0. The van der Waals surface area contributed by atoms with Gasteiger partial charge in [0.05, 0.1) is 0 Å². The molecule has 0 bridgehead atoms. The Morgan fingerprint density at radius 1 is 0.857 bits per heavy atom. The number of hydrogen-bond acceptors (Lipinski definition) is 3. The molecule has 14 heavy (non-hydrogen) atoms. The van der Waals surface area contributed by atoms with Gasteiger partial charge in [-0.2, -0.15) is 0 Å². The number of phenols is 1. The molecule has 4 heteroatoms. The zero-order chi connectivity index (χ0) is 10.6. The van der Waals surface area contributed by atoms with Crippen LogP contribution in [0.2, 0.25) is 5.02 Å². The van der Waals surface area contributed by atoms with Crippen LogP contribution in [0.5, 0.6) is 5.75 Å². The number of hydrogen-bond donors (Lipinski definition) is 3. The molecule has 3 nitrogen and oxygen atoms in total. The molecular weight excluding hydrogens is 204 g/mol. The molecule has 0 aliphatic heterocycles. The highest BCUT2D eigenvalue weighted by molar-refractivity contribution is 6.35. The van der Waals surface area contributed by atoms with Gasteiger partial charge < -0.3 is 5.11 Å². The van der Waals surface area contributed by atoms with Gasteiger partial charge in [-0.25, -0.2) is 0 Å². The highest BCUT2D eigenvalue weighted by atomic mass is 35.5. The van der Waals surface area contributed by atoms with Gasteiger partial charge in [-0.3, -0.25) is 10.5 Å². The summed E-state index contributed by atoms with van der Waals surface area (Å²) in [6, 6.07) is 10.8. The Morgan fingerprint density at radius 3 is 2.00 bits per heavy atom. The molecule has 0 saturated heterocycles. The third-order valence-electron chi connectivity index (χ3n) is 1.85. The maximum absolute atomic E-state index is 9.44. The SMILES string of the molecule is OO.Oc1ccc(Cl)c2ccccc12. The lowest BCUT2D eigenvalue weighted by Gasteiger charge is -2.01. The van der Waals surface area contributed by atoms with Gasteiger partial charge in [0, 0.05) is 15.8 Å². The van der Waals surface area contributed by atoms with Crippen molar-refractivity contribution in [1.82, 2.24) is 0 Å². The molecule has 0 radical (unpaired) electrons. The maximum Gasteiger partial charge on any atom is 0.123 e. The molecule has 0 unspecified atom stereocenters. The van der Waals surface area contributed by atoms with Crippen molar-refractivity contribution in [2.45, 2.75) is 0 Å². The van der Waals surface area contributed by atoms with Crippen LogP contribution in [-0.4, -0.2) is 15.6 Å². The van der Waals surface area contributed by atoms with Crippen molar-refractivity contribution >= 4 is 22.4 Å². The molecule has 0 spiro atoms. The van der Waals surface area contributed by atoms with E-state index in [0.29, 0.717) is 5.02 Å². The fourth-order valence-electron chi connectivity index (χ4n) is 1.25. The first-order valence-electron chi connectivity index (χ1n) is 3.85. The zero-order valence-electron chi connectivity index (χ0n) is 7.18. The number of benzene rings is 2. The minimum absolute atomic E-state index is 0.273. The van der Waals surface area contributed by atoms with Crippen LogP contribution in [0, 0.1) is 0 Å². The summed E-state index contributed by atoms with van der Waals surface area (Å²) >= 11 is 5.92. The van der Waals surface area contributed by atoms with Crippen molar-refractivity contribution in [2.24, 2.45) is 0 Å². The lowest BCUT2D eigenvalue weighted by Crippen LogP contribution is -1.74. The Kier molecular flexibility index (Phi) is 3.71. The predicted molar refractivity (Wildman–Crippen MR) is 55.9 cm³/mol. The van der Waals surface area contributed by atoms with E-state index in [0.717, 1.165) is 10.8 Å². The van der Waals surface area contributed by atoms with E-state index in [-0.39, 0.29) is 5.75 Å². The first kappa shape index (κ1) is 10.8. The first-order valence-corrected chi connectivity index (χ1v) is 4.23. The number of fused-ring (bicyclic) bond motifs is 1. The van der Waals surface area contributed by atoms with Gasteiger partial charge in [-0.05, 0) is 12.1 Å². The van der Waals surface area contributed by atoms with Crippen molar-refractivity contribution in [1.29, 1.82) is 0 Å². The summed E-state index contributed by atoms with van der Waals surface area (Å²) in [6.45, 7) is 0. The second-order valence-electron chi connectivity index (χ2n) is 2.61. The molecule has 2 rings (SSSR count). The summed E-state index contributed by atoms with van der Waals surface area (Å²) < 4.78 is 0. The molecule has 0 amide bonds. The fourth-order valence-corrected chi connectivity index (χ4v) is 1.47. The van der Waals surface area contributed by atoms with Crippen LogP contribution in [0.1, 0.15) is 0 Å². The average molecular weight is 213 g/mol. The van der Waals surface area contributed by atoms with Crippen molar-refractivity contribution in [3.8, 4) is 5.75 Å². The van der Waals surface area contributed by atoms with Crippen LogP contribution in [0.25, 0.3) is 10.8 Å². The van der Waals surface area contributed by atoms with E-state index in [9.17, 15) is 5.11 Å². The molecule has 0 saturated carbocycles. The second kappa shape index (κ2) is 4.81. The summed E-state index contributed by atoms with van der Waals surface area (Å²) in [5, 5.41) is 23.8. The molecule has 0 aliphatic carbocycles. The Morgan fingerprint density at radius 2 is 1.43 bits per heavy atom. The Labute approximate surface area is 85.7 Å². The third-order valence-corrected chi connectivity index (χ3v) is 2.18. The van der Waals surface area contributed by atoms with Gasteiger partial charge in [0.15, 0.2) is 0 Å². The lowest BCUT2D eigenvalue weighted by molar-refractivity contribution is -0.176. The van der Waals surface area contributed by atoms with Gasteiger partial charge >= 0.3 is 0 Å². The average Bonchev–Trinajstić information content (AvgIpc) is 2.27. The van der Waals surface area contributed by atoms with Gasteiger partial charge in [0.25, 0.3) is 0 Å².